The lowest BCUT2D eigenvalue weighted by Gasteiger charge is -1.98. The number of unbranched alkanes of at least 4 members (excludes halogenated alkanes) is 1. The molecule has 0 spiro atoms. The highest BCUT2D eigenvalue weighted by Gasteiger charge is 2.16. The van der Waals surface area contributed by atoms with Crippen molar-refractivity contribution in [2.45, 2.75) is 53.0 Å². The third-order valence-corrected chi connectivity index (χ3v) is 2.89. The molecule has 1 aromatic rings. The van der Waals surface area contributed by atoms with Gasteiger partial charge in [-0.15, -0.1) is 0 Å². The third-order valence-electron chi connectivity index (χ3n) is 2.89. The summed E-state index contributed by atoms with van der Waals surface area (Å²) in [6.45, 7) is 7.87. The summed E-state index contributed by atoms with van der Waals surface area (Å²) in [5.41, 5.74) is 1.44. The molecule has 0 fully saturated rings. The van der Waals surface area contributed by atoms with E-state index < -0.39 is 0 Å². The van der Waals surface area contributed by atoms with E-state index in [1.165, 1.54) is 30.9 Å². The Labute approximate surface area is 87.6 Å². The van der Waals surface area contributed by atoms with Crippen LogP contribution in [-0.2, 0) is 26.4 Å². The number of nitrogens with zero attached hydrogens (tertiary/aromatic N) is 2. The van der Waals surface area contributed by atoms with E-state index in [2.05, 4.69) is 43.1 Å². The minimum absolute atomic E-state index is 1.13. The van der Waals surface area contributed by atoms with Crippen molar-refractivity contribution >= 4 is 0 Å². The first-order valence-electron chi connectivity index (χ1n) is 5.81. The maximum Gasteiger partial charge on any atom is 0.256 e. The van der Waals surface area contributed by atoms with Crippen LogP contribution in [0.4, 0.5) is 0 Å². The average Bonchev–Trinajstić information content (AvgIpc) is 2.51. The van der Waals surface area contributed by atoms with E-state index in [0.717, 1.165) is 12.8 Å². The van der Waals surface area contributed by atoms with Gasteiger partial charge in [-0.1, -0.05) is 27.2 Å². The smallest absolute Gasteiger partial charge is 0.234 e. The fourth-order valence-corrected chi connectivity index (χ4v) is 1.99. The Kier molecular flexibility index (Phi) is 4.18. The van der Waals surface area contributed by atoms with Gasteiger partial charge in [0.1, 0.15) is 11.9 Å². The summed E-state index contributed by atoms with van der Waals surface area (Å²) in [6, 6.07) is 0. The van der Waals surface area contributed by atoms with Gasteiger partial charge in [0.2, 0.25) is 0 Å². The van der Waals surface area contributed by atoms with Crippen LogP contribution in [0, 0.1) is 0 Å². The summed E-state index contributed by atoms with van der Waals surface area (Å²) in [7, 11) is 2.18. The van der Waals surface area contributed by atoms with Gasteiger partial charge in [0.15, 0.2) is 0 Å². The SMILES string of the molecule is CCCC[n+]1cc(CC)n(C)c1CC. The van der Waals surface area contributed by atoms with E-state index in [4.69, 9.17) is 0 Å². The molecule has 80 valence electrons. The van der Waals surface area contributed by atoms with Crippen molar-refractivity contribution in [3.8, 4) is 0 Å². The normalized spacial score (nSPS) is 10.9. The van der Waals surface area contributed by atoms with E-state index in [1.54, 1.807) is 0 Å². The van der Waals surface area contributed by atoms with Crippen LogP contribution in [0.2, 0.25) is 0 Å². The van der Waals surface area contributed by atoms with Crippen molar-refractivity contribution < 1.29 is 4.57 Å². The molecule has 0 unspecified atom stereocenters. The van der Waals surface area contributed by atoms with Gasteiger partial charge < -0.3 is 0 Å². The maximum absolute atomic E-state index is 2.42. The molecular weight excluding hydrogens is 172 g/mol. The van der Waals surface area contributed by atoms with Crippen LogP contribution in [0.15, 0.2) is 6.20 Å². The topological polar surface area (TPSA) is 8.81 Å². The van der Waals surface area contributed by atoms with E-state index in [-0.39, 0.29) is 0 Å². The van der Waals surface area contributed by atoms with Gasteiger partial charge >= 0.3 is 0 Å². The fourth-order valence-electron chi connectivity index (χ4n) is 1.99. The highest BCUT2D eigenvalue weighted by atomic mass is 15.1. The Balaban J connectivity index is 2.90. The molecule has 0 aliphatic heterocycles. The van der Waals surface area contributed by atoms with E-state index in [0.29, 0.717) is 0 Å². The second kappa shape index (κ2) is 5.18. The largest absolute Gasteiger partial charge is 0.256 e. The molecule has 1 aromatic heterocycles. The lowest BCUT2D eigenvalue weighted by atomic mass is 10.3. The Morgan fingerprint density at radius 3 is 2.43 bits per heavy atom. The number of hydrogen-bond donors (Lipinski definition) is 0. The van der Waals surface area contributed by atoms with Crippen molar-refractivity contribution in [3.05, 3.63) is 17.7 Å². The van der Waals surface area contributed by atoms with Crippen LogP contribution in [0.25, 0.3) is 0 Å². The summed E-state index contributed by atoms with van der Waals surface area (Å²) in [5, 5.41) is 0. The number of hydrogen-bond acceptors (Lipinski definition) is 0. The first-order chi connectivity index (χ1) is 6.74. The van der Waals surface area contributed by atoms with Gasteiger partial charge in [-0.3, -0.25) is 0 Å². The summed E-state index contributed by atoms with van der Waals surface area (Å²) in [6.07, 6.45) is 7.12. The Morgan fingerprint density at radius 1 is 1.21 bits per heavy atom. The van der Waals surface area contributed by atoms with Crippen LogP contribution in [-0.4, -0.2) is 4.57 Å². The first kappa shape index (κ1) is 11.3. The highest BCUT2D eigenvalue weighted by Crippen LogP contribution is 2.03. The summed E-state index contributed by atoms with van der Waals surface area (Å²) < 4.78 is 4.76. The van der Waals surface area contributed by atoms with Crippen LogP contribution >= 0.6 is 0 Å². The fraction of sp³-hybridized carbons (Fsp3) is 0.750. The summed E-state index contributed by atoms with van der Waals surface area (Å²) in [5.74, 6) is 1.45. The zero-order chi connectivity index (χ0) is 10.6. The van der Waals surface area contributed by atoms with Gasteiger partial charge in [0.05, 0.1) is 13.6 Å². The van der Waals surface area contributed by atoms with Crippen molar-refractivity contribution in [2.75, 3.05) is 0 Å². The maximum atomic E-state index is 2.42. The third kappa shape index (κ3) is 2.17. The molecule has 1 heterocycles. The monoisotopic (exact) mass is 195 g/mol. The zero-order valence-corrected chi connectivity index (χ0v) is 10.0. The lowest BCUT2D eigenvalue weighted by molar-refractivity contribution is -0.704. The number of aryl methyl sites for hydroxylation is 2. The average molecular weight is 195 g/mol. The van der Waals surface area contributed by atoms with Crippen LogP contribution < -0.4 is 4.57 Å². The molecule has 2 nitrogen and oxygen atoms in total. The zero-order valence-electron chi connectivity index (χ0n) is 10.0. The Hall–Kier alpha value is -0.790. The molecule has 0 bridgehead atoms. The minimum atomic E-state index is 1.13. The Morgan fingerprint density at radius 2 is 1.93 bits per heavy atom. The molecule has 0 radical (unpaired) electrons. The summed E-state index contributed by atoms with van der Waals surface area (Å²) in [4.78, 5) is 0. The van der Waals surface area contributed by atoms with E-state index in [1.807, 2.05) is 0 Å². The predicted molar refractivity (Wildman–Crippen MR) is 59.3 cm³/mol. The van der Waals surface area contributed by atoms with Crippen LogP contribution in [0.1, 0.15) is 45.1 Å². The molecule has 14 heavy (non-hydrogen) atoms. The first-order valence-corrected chi connectivity index (χ1v) is 5.81. The van der Waals surface area contributed by atoms with Gasteiger partial charge in [-0.2, -0.15) is 0 Å². The van der Waals surface area contributed by atoms with Gasteiger partial charge in [0.25, 0.3) is 5.82 Å². The molecule has 0 aliphatic carbocycles. The standard InChI is InChI=1S/C12H23N2/c1-5-8-9-14-10-11(6-2)13(4)12(14)7-3/h10H,5-9H2,1-4H3/q+1. The molecule has 0 saturated heterocycles. The molecule has 1 rings (SSSR count). The summed E-state index contributed by atoms with van der Waals surface area (Å²) >= 11 is 0. The quantitative estimate of drug-likeness (QED) is 0.637. The second-order valence-electron chi connectivity index (χ2n) is 3.85. The van der Waals surface area contributed by atoms with E-state index in [9.17, 15) is 0 Å². The molecular formula is C12H23N2+. The van der Waals surface area contributed by atoms with Crippen molar-refractivity contribution in [1.29, 1.82) is 0 Å². The van der Waals surface area contributed by atoms with Crippen LogP contribution in [0.5, 0.6) is 0 Å². The molecule has 0 aromatic carbocycles. The van der Waals surface area contributed by atoms with Gasteiger partial charge in [0, 0.05) is 12.8 Å². The van der Waals surface area contributed by atoms with Gasteiger partial charge in [-0.05, 0) is 6.42 Å². The van der Waals surface area contributed by atoms with E-state index >= 15 is 0 Å². The minimum Gasteiger partial charge on any atom is -0.234 e. The molecule has 0 amide bonds. The number of imidazole rings is 1. The molecule has 0 N–H and O–H groups in total. The molecule has 0 aliphatic rings. The predicted octanol–water partition coefficient (Wildman–Crippen LogP) is 2.24. The van der Waals surface area contributed by atoms with Crippen molar-refractivity contribution in [1.82, 2.24) is 4.57 Å². The second-order valence-corrected chi connectivity index (χ2v) is 3.85. The lowest BCUT2D eigenvalue weighted by Crippen LogP contribution is -2.36. The van der Waals surface area contributed by atoms with Gasteiger partial charge in [-0.25, -0.2) is 9.13 Å². The molecule has 2 heteroatoms. The number of aromatic nitrogens is 2. The highest BCUT2D eigenvalue weighted by molar-refractivity contribution is 4.98. The molecule has 0 saturated carbocycles. The number of rotatable bonds is 5. The van der Waals surface area contributed by atoms with Crippen molar-refractivity contribution in [2.24, 2.45) is 7.05 Å². The Bertz CT molecular complexity index is 287. The van der Waals surface area contributed by atoms with Crippen molar-refractivity contribution in [3.63, 3.8) is 0 Å². The van der Waals surface area contributed by atoms with Crippen LogP contribution in [0.3, 0.4) is 0 Å². The molecule has 0 atom stereocenters.